The zero-order valence-corrected chi connectivity index (χ0v) is 17.6. The molecule has 4 rings (SSSR count). The van der Waals surface area contributed by atoms with Gasteiger partial charge in [0.25, 0.3) is 0 Å². The second-order valence-electron chi connectivity index (χ2n) is 7.40. The van der Waals surface area contributed by atoms with Crippen molar-refractivity contribution < 1.29 is 66.1 Å². The lowest BCUT2D eigenvalue weighted by molar-refractivity contribution is -0.0189. The van der Waals surface area contributed by atoms with Crippen LogP contribution in [0.3, 0.4) is 0 Å². The van der Waals surface area contributed by atoms with E-state index in [-0.39, 0.29) is 51.3 Å². The summed E-state index contributed by atoms with van der Waals surface area (Å²) in [5, 5.41) is 78.2. The monoisotopic (exact) mass is 494 g/mol. The number of phenolic OH excluding ortho intramolecular Hbond substituents is 8. The molecule has 0 radical (unpaired) electrons. The third-order valence-corrected chi connectivity index (χ3v) is 5.15. The summed E-state index contributed by atoms with van der Waals surface area (Å²) < 4.78 is 11.3. The second kappa shape index (κ2) is 9.62. The van der Waals surface area contributed by atoms with Crippen LogP contribution in [-0.2, 0) is 11.2 Å². The molecule has 188 valence electrons. The molecule has 0 aliphatic carbocycles. The molecule has 0 bridgehead atoms. The van der Waals surface area contributed by atoms with Crippen LogP contribution in [-0.4, -0.2) is 63.9 Å². The Morgan fingerprint density at radius 1 is 0.743 bits per heavy atom. The molecule has 0 fully saturated rings. The highest BCUT2D eigenvalue weighted by Crippen LogP contribution is 2.46. The van der Waals surface area contributed by atoms with Crippen molar-refractivity contribution in [3.63, 3.8) is 0 Å². The van der Waals surface area contributed by atoms with Crippen LogP contribution in [0, 0.1) is 0 Å². The molecule has 0 saturated carbocycles. The van der Waals surface area contributed by atoms with Crippen LogP contribution >= 0.6 is 0 Å². The van der Waals surface area contributed by atoms with Gasteiger partial charge in [0, 0.05) is 29.7 Å². The lowest BCUT2D eigenvalue weighted by atomic mass is 9.93. The number of hydrogen-bond donors (Lipinski definition) is 8. The maximum atomic E-state index is 12.7. The van der Waals surface area contributed by atoms with Crippen molar-refractivity contribution in [3.05, 3.63) is 53.1 Å². The van der Waals surface area contributed by atoms with Crippen LogP contribution in [0.25, 0.3) is 0 Å². The molecule has 0 spiro atoms. The summed E-state index contributed by atoms with van der Waals surface area (Å²) in [5.74, 6) is -6.06. The number of aromatic hydroxyl groups is 8. The molecule has 1 aliphatic rings. The average Bonchev–Trinajstić information content (AvgIpc) is 2.75. The maximum absolute atomic E-state index is 12.7. The van der Waals surface area contributed by atoms with E-state index < -0.39 is 52.7 Å². The predicted molar refractivity (Wildman–Crippen MR) is 116 cm³/mol. The smallest absolute Gasteiger partial charge is 0.338 e. The van der Waals surface area contributed by atoms with Crippen LogP contribution in [0.15, 0.2) is 36.4 Å². The molecular formula is C22H22O13. The SMILES string of the molecule is O.O.O=C(O[C@@H]1Cc2c(O)cc(O)cc2O[C@@H]1c1cc(O)c(O)c(O)c1)c1cc(O)c(O)c(O)c1. The molecule has 3 aromatic carbocycles. The first-order valence-electron chi connectivity index (χ1n) is 9.47. The van der Waals surface area contributed by atoms with Gasteiger partial charge in [0.05, 0.1) is 5.56 Å². The molecule has 0 unspecified atom stereocenters. The van der Waals surface area contributed by atoms with Gasteiger partial charge in [-0.25, -0.2) is 4.79 Å². The minimum absolute atomic E-state index is 0. The third kappa shape index (κ3) is 4.80. The molecule has 13 heteroatoms. The van der Waals surface area contributed by atoms with Crippen molar-refractivity contribution in [2.75, 3.05) is 0 Å². The molecule has 1 heterocycles. The zero-order chi connectivity index (χ0) is 24.0. The normalized spacial score (nSPS) is 16.1. The number of carbonyl (C=O) groups excluding carboxylic acids is 1. The number of phenols is 8. The molecule has 35 heavy (non-hydrogen) atoms. The lowest BCUT2D eigenvalue weighted by Crippen LogP contribution is -2.34. The summed E-state index contributed by atoms with van der Waals surface area (Å²) in [5.41, 5.74) is -0.0189. The van der Waals surface area contributed by atoms with Crippen molar-refractivity contribution in [2.45, 2.75) is 18.6 Å². The Morgan fingerprint density at radius 3 is 1.80 bits per heavy atom. The number of benzene rings is 3. The van der Waals surface area contributed by atoms with Gasteiger partial charge in [-0.3, -0.25) is 0 Å². The Balaban J connectivity index is 0.00000216. The largest absolute Gasteiger partial charge is 0.508 e. The molecule has 1 aliphatic heterocycles. The third-order valence-electron chi connectivity index (χ3n) is 5.15. The van der Waals surface area contributed by atoms with Gasteiger partial charge < -0.3 is 61.3 Å². The van der Waals surface area contributed by atoms with Crippen molar-refractivity contribution in [1.82, 2.24) is 0 Å². The van der Waals surface area contributed by atoms with E-state index in [0.29, 0.717) is 0 Å². The highest BCUT2D eigenvalue weighted by molar-refractivity contribution is 5.91. The van der Waals surface area contributed by atoms with E-state index in [2.05, 4.69) is 0 Å². The van der Waals surface area contributed by atoms with E-state index in [0.717, 1.165) is 30.3 Å². The van der Waals surface area contributed by atoms with Gasteiger partial charge in [0.2, 0.25) is 0 Å². The quantitative estimate of drug-likeness (QED) is 0.184. The summed E-state index contributed by atoms with van der Waals surface area (Å²) >= 11 is 0. The van der Waals surface area contributed by atoms with Gasteiger partial charge in [-0.15, -0.1) is 0 Å². The van der Waals surface area contributed by atoms with Gasteiger partial charge in [0.1, 0.15) is 23.4 Å². The summed E-state index contributed by atoms with van der Waals surface area (Å²) in [7, 11) is 0. The van der Waals surface area contributed by atoms with Crippen molar-refractivity contribution >= 4 is 5.97 Å². The van der Waals surface area contributed by atoms with Crippen molar-refractivity contribution in [3.8, 4) is 51.7 Å². The topological polar surface area (TPSA) is 260 Å². The van der Waals surface area contributed by atoms with Crippen molar-refractivity contribution in [1.29, 1.82) is 0 Å². The number of hydrogen-bond acceptors (Lipinski definition) is 11. The van der Waals surface area contributed by atoms with E-state index in [9.17, 15) is 45.6 Å². The zero-order valence-electron chi connectivity index (χ0n) is 17.6. The first-order chi connectivity index (χ1) is 15.5. The maximum Gasteiger partial charge on any atom is 0.338 e. The minimum Gasteiger partial charge on any atom is -0.508 e. The standard InChI is InChI=1S/C22H18O11.2H2O/c23-10-5-12(24)11-7-18(33-22(31)9-3-15(27)20(30)16(28)4-9)21(32-17(11)6-10)8-1-13(25)19(29)14(26)2-8;;/h1-6,18,21,23-30H,7H2;2*1H2/t18-,21-;;/m1../s1. The predicted octanol–water partition coefficient (Wildman–Crippen LogP) is 0.584. The highest BCUT2D eigenvalue weighted by atomic mass is 16.6. The van der Waals surface area contributed by atoms with Gasteiger partial charge in [0.15, 0.2) is 40.6 Å². The second-order valence-corrected chi connectivity index (χ2v) is 7.40. The Bertz CT molecular complexity index is 1220. The fourth-order valence-electron chi connectivity index (χ4n) is 3.55. The van der Waals surface area contributed by atoms with E-state index in [1.165, 1.54) is 6.07 Å². The molecule has 13 nitrogen and oxygen atoms in total. The Labute approximate surface area is 196 Å². The molecule has 0 amide bonds. The van der Waals surface area contributed by atoms with Crippen LogP contribution in [0.4, 0.5) is 0 Å². The number of ether oxygens (including phenoxy) is 2. The van der Waals surface area contributed by atoms with Crippen LogP contribution in [0.5, 0.6) is 51.7 Å². The molecule has 2 atom stereocenters. The Hall–Kier alpha value is -4.75. The van der Waals surface area contributed by atoms with E-state index in [1.54, 1.807) is 0 Å². The van der Waals surface area contributed by atoms with Gasteiger partial charge in [-0.1, -0.05) is 0 Å². The summed E-state index contributed by atoms with van der Waals surface area (Å²) in [6.45, 7) is 0. The molecule has 0 saturated heterocycles. The average molecular weight is 494 g/mol. The molecular weight excluding hydrogens is 472 g/mol. The fourth-order valence-corrected chi connectivity index (χ4v) is 3.55. The summed E-state index contributed by atoms with van der Waals surface area (Å²) in [6, 6.07) is 6.18. The number of carbonyl (C=O) groups is 1. The Kier molecular flexibility index (Phi) is 7.29. The van der Waals surface area contributed by atoms with Gasteiger partial charge in [-0.2, -0.15) is 0 Å². The minimum atomic E-state index is -1.18. The molecule has 3 aromatic rings. The first kappa shape index (κ1) is 26.5. The highest BCUT2D eigenvalue weighted by Gasteiger charge is 2.37. The number of rotatable bonds is 3. The van der Waals surface area contributed by atoms with E-state index in [1.807, 2.05) is 0 Å². The van der Waals surface area contributed by atoms with Crippen LogP contribution in [0.2, 0.25) is 0 Å². The summed E-state index contributed by atoms with van der Waals surface area (Å²) in [4.78, 5) is 12.7. The first-order valence-corrected chi connectivity index (χ1v) is 9.47. The van der Waals surface area contributed by atoms with Gasteiger partial charge in [-0.05, 0) is 24.3 Å². The number of esters is 1. The van der Waals surface area contributed by atoms with E-state index >= 15 is 0 Å². The fraction of sp³-hybridized carbons (Fsp3) is 0.136. The lowest BCUT2D eigenvalue weighted by Gasteiger charge is -2.34. The van der Waals surface area contributed by atoms with Gasteiger partial charge >= 0.3 is 5.97 Å². The van der Waals surface area contributed by atoms with Crippen LogP contribution in [0.1, 0.15) is 27.6 Å². The van der Waals surface area contributed by atoms with Crippen LogP contribution < -0.4 is 4.74 Å². The van der Waals surface area contributed by atoms with E-state index in [4.69, 9.17) is 9.47 Å². The number of fused-ring (bicyclic) bond motifs is 1. The molecule has 0 aromatic heterocycles. The van der Waals surface area contributed by atoms with Crippen molar-refractivity contribution in [2.24, 2.45) is 0 Å². The molecule has 12 N–H and O–H groups in total. The summed E-state index contributed by atoms with van der Waals surface area (Å²) in [6.07, 6.45) is -2.49. The Morgan fingerprint density at radius 2 is 1.26 bits per heavy atom.